The minimum Gasteiger partial charge on any atom is -0.457 e. The third-order valence-electron chi connectivity index (χ3n) is 7.56. The normalized spacial score (nSPS) is 14.7. The van der Waals surface area contributed by atoms with Crippen LogP contribution in [0.25, 0.3) is 0 Å². The topological polar surface area (TPSA) is 91.3 Å². The molecule has 0 aliphatic carbocycles. The van der Waals surface area contributed by atoms with E-state index < -0.39 is 13.9 Å². The van der Waals surface area contributed by atoms with Gasteiger partial charge in [-0.3, -0.25) is 13.8 Å². The Morgan fingerprint density at radius 1 is 0.653 bits per heavy atom. The number of unbranched alkanes of at least 4 members (excludes halogenated alkanes) is 10. The SMILES string of the molecule is CC/C=C\C/C=C\C/C=C\C/C=C\CCCCC(=O)OC(COCCCCCCCC/C=C\CCCC)COP(=O)(O)OCC[N+](C)(C)C. The third kappa shape index (κ3) is 37.3. The molecule has 0 saturated heterocycles. The molecule has 0 aromatic heterocycles. The Kier molecular flexibility index (Phi) is 32.1. The molecule has 0 amide bonds. The third-order valence-corrected chi connectivity index (χ3v) is 8.55. The van der Waals surface area contributed by atoms with Crippen LogP contribution in [0.5, 0.6) is 0 Å². The minimum absolute atomic E-state index is 0.0766. The van der Waals surface area contributed by atoms with Crippen LogP contribution in [0.4, 0.5) is 0 Å². The van der Waals surface area contributed by atoms with E-state index >= 15 is 0 Å². The van der Waals surface area contributed by atoms with E-state index in [-0.39, 0.29) is 32.2 Å². The smallest absolute Gasteiger partial charge is 0.457 e. The van der Waals surface area contributed by atoms with Crippen LogP contribution in [-0.4, -0.2) is 75.6 Å². The molecule has 0 aliphatic heterocycles. The molecule has 49 heavy (non-hydrogen) atoms. The number of phosphoric ester groups is 1. The van der Waals surface area contributed by atoms with E-state index in [0.717, 1.165) is 51.4 Å². The second kappa shape index (κ2) is 33.3. The zero-order chi connectivity index (χ0) is 36.3. The van der Waals surface area contributed by atoms with Gasteiger partial charge in [-0.1, -0.05) is 113 Å². The van der Waals surface area contributed by atoms with E-state index in [4.69, 9.17) is 18.5 Å². The van der Waals surface area contributed by atoms with Crippen LogP contribution in [0.2, 0.25) is 0 Å². The number of hydrogen-bond acceptors (Lipinski definition) is 6. The Morgan fingerprint density at radius 3 is 1.80 bits per heavy atom. The lowest BCUT2D eigenvalue weighted by atomic mass is 10.1. The fourth-order valence-corrected chi connectivity index (χ4v) is 5.32. The molecule has 0 bridgehead atoms. The molecule has 8 nitrogen and oxygen atoms in total. The highest BCUT2D eigenvalue weighted by Gasteiger charge is 2.26. The van der Waals surface area contributed by atoms with Crippen LogP contribution in [0.3, 0.4) is 0 Å². The molecule has 0 fully saturated rings. The van der Waals surface area contributed by atoms with Gasteiger partial charge in [0, 0.05) is 13.0 Å². The number of allylic oxidation sites excluding steroid dienone is 10. The Balaban J connectivity index is 4.42. The number of carbonyl (C=O) groups is 1. The number of quaternary nitrogens is 1. The number of carbonyl (C=O) groups excluding carboxylic acids is 1. The first-order valence-corrected chi connectivity index (χ1v) is 20.5. The van der Waals surface area contributed by atoms with Crippen molar-refractivity contribution in [3.05, 3.63) is 60.8 Å². The summed E-state index contributed by atoms with van der Waals surface area (Å²) in [7, 11) is 1.62. The van der Waals surface area contributed by atoms with Gasteiger partial charge in [-0.2, -0.15) is 0 Å². The summed E-state index contributed by atoms with van der Waals surface area (Å²) in [5.74, 6) is -0.360. The summed E-state index contributed by atoms with van der Waals surface area (Å²) in [6, 6.07) is 0. The molecule has 1 N–H and O–H groups in total. The van der Waals surface area contributed by atoms with E-state index in [1.54, 1.807) is 0 Å². The van der Waals surface area contributed by atoms with Crippen LogP contribution in [0, 0.1) is 0 Å². The van der Waals surface area contributed by atoms with Crippen molar-refractivity contribution in [1.82, 2.24) is 0 Å². The monoisotopic (exact) mass is 711 g/mol. The van der Waals surface area contributed by atoms with E-state index in [1.165, 1.54) is 51.4 Å². The standard InChI is InChI=1S/C40H72NO7P/c1-6-8-10-12-14-16-18-20-21-22-23-25-27-29-31-33-40(42)48-39(38-47-49(43,44)46-36-34-41(3,4)5)37-45-35-32-30-28-26-24-19-17-15-13-11-9-7-2/h8,10,13-16,20-21,23,25,39H,6-7,9,11-12,17-19,22,24,26-38H2,1-5H3/p+1/b10-8-,15-13-,16-14-,21-20-,25-23-. The summed E-state index contributed by atoms with van der Waals surface area (Å²) >= 11 is 0. The van der Waals surface area contributed by atoms with Crippen molar-refractivity contribution >= 4 is 13.8 Å². The molecule has 0 aliphatic rings. The number of rotatable bonds is 34. The van der Waals surface area contributed by atoms with E-state index in [2.05, 4.69) is 74.6 Å². The first-order valence-electron chi connectivity index (χ1n) is 19.0. The molecule has 2 unspecified atom stereocenters. The number of phosphoric acid groups is 1. The lowest BCUT2D eigenvalue weighted by Gasteiger charge is -2.24. The van der Waals surface area contributed by atoms with Gasteiger partial charge in [0.2, 0.25) is 0 Å². The maximum atomic E-state index is 12.6. The van der Waals surface area contributed by atoms with Crippen molar-refractivity contribution in [3.63, 3.8) is 0 Å². The van der Waals surface area contributed by atoms with Crippen molar-refractivity contribution in [1.29, 1.82) is 0 Å². The predicted molar refractivity (Wildman–Crippen MR) is 205 cm³/mol. The van der Waals surface area contributed by atoms with Gasteiger partial charge in [-0.15, -0.1) is 0 Å². The molecule has 2 atom stereocenters. The lowest BCUT2D eigenvalue weighted by molar-refractivity contribution is -0.870. The molecule has 0 rings (SSSR count). The molecule has 0 aromatic carbocycles. The van der Waals surface area contributed by atoms with Gasteiger partial charge in [0.15, 0.2) is 0 Å². The van der Waals surface area contributed by atoms with Gasteiger partial charge >= 0.3 is 13.8 Å². The molecule has 9 heteroatoms. The maximum Gasteiger partial charge on any atom is 0.472 e. The summed E-state index contributed by atoms with van der Waals surface area (Å²) in [5.41, 5.74) is 0. The summed E-state index contributed by atoms with van der Waals surface area (Å²) in [6.45, 7) is 5.37. The highest BCUT2D eigenvalue weighted by Crippen LogP contribution is 2.43. The molecule has 0 aromatic rings. The van der Waals surface area contributed by atoms with Gasteiger partial charge in [0.1, 0.15) is 19.3 Å². The predicted octanol–water partition coefficient (Wildman–Crippen LogP) is 10.6. The molecular formula is C40H73NO7P+. The first kappa shape index (κ1) is 47.2. The Morgan fingerprint density at radius 2 is 1.18 bits per heavy atom. The Bertz CT molecular complexity index is 968. The average Bonchev–Trinajstić information content (AvgIpc) is 3.04. The van der Waals surface area contributed by atoms with Crippen molar-refractivity contribution < 1.29 is 37.3 Å². The van der Waals surface area contributed by atoms with E-state index in [1.807, 2.05) is 21.1 Å². The molecule has 0 saturated carbocycles. The highest BCUT2D eigenvalue weighted by molar-refractivity contribution is 7.47. The zero-order valence-corrected chi connectivity index (χ0v) is 32.8. The number of esters is 1. The zero-order valence-electron chi connectivity index (χ0n) is 31.9. The fourth-order valence-electron chi connectivity index (χ4n) is 4.58. The molecule has 0 spiro atoms. The second-order valence-corrected chi connectivity index (χ2v) is 15.0. The number of likely N-dealkylation sites (N-methyl/N-ethyl adjacent to an activating group) is 1. The number of ether oxygens (including phenoxy) is 2. The first-order chi connectivity index (χ1) is 23.6. The van der Waals surface area contributed by atoms with E-state index in [9.17, 15) is 14.3 Å². The molecule has 0 heterocycles. The molecule has 0 radical (unpaired) electrons. The highest BCUT2D eigenvalue weighted by atomic mass is 31.2. The Hall–Kier alpha value is -1.80. The summed E-state index contributed by atoms with van der Waals surface area (Å²) in [4.78, 5) is 22.7. The molecule has 284 valence electrons. The van der Waals surface area contributed by atoms with Crippen molar-refractivity contribution in [2.45, 2.75) is 136 Å². The minimum atomic E-state index is -4.28. The quantitative estimate of drug-likeness (QED) is 0.0234. The second-order valence-electron chi connectivity index (χ2n) is 13.6. The average molecular weight is 711 g/mol. The van der Waals surface area contributed by atoms with Crippen LogP contribution in [-0.2, 0) is 27.9 Å². The number of nitrogens with zero attached hydrogens (tertiary/aromatic N) is 1. The van der Waals surface area contributed by atoms with Crippen molar-refractivity contribution in [2.24, 2.45) is 0 Å². The van der Waals surface area contributed by atoms with Crippen molar-refractivity contribution in [2.75, 3.05) is 54.1 Å². The van der Waals surface area contributed by atoms with Gasteiger partial charge in [-0.25, -0.2) is 4.57 Å². The summed E-state index contributed by atoms with van der Waals surface area (Å²) in [6.07, 6.45) is 39.7. The fraction of sp³-hybridized carbons (Fsp3) is 0.725. The van der Waals surface area contributed by atoms with E-state index in [0.29, 0.717) is 24.1 Å². The largest absolute Gasteiger partial charge is 0.472 e. The number of hydrogen-bond donors (Lipinski definition) is 1. The maximum absolute atomic E-state index is 12.6. The van der Waals surface area contributed by atoms with Crippen molar-refractivity contribution in [3.8, 4) is 0 Å². The van der Waals surface area contributed by atoms with Crippen LogP contribution in [0.15, 0.2) is 60.8 Å². The summed E-state index contributed by atoms with van der Waals surface area (Å²) < 4.78 is 34.8. The van der Waals surface area contributed by atoms with Crippen LogP contribution < -0.4 is 0 Å². The van der Waals surface area contributed by atoms with Gasteiger partial charge in [-0.05, 0) is 70.6 Å². The van der Waals surface area contributed by atoms with Gasteiger partial charge < -0.3 is 18.9 Å². The van der Waals surface area contributed by atoms with Gasteiger partial charge in [0.25, 0.3) is 0 Å². The van der Waals surface area contributed by atoms with Gasteiger partial charge in [0.05, 0.1) is 34.4 Å². The lowest BCUT2D eigenvalue weighted by Crippen LogP contribution is -2.37. The van der Waals surface area contributed by atoms with Crippen LogP contribution in [0.1, 0.15) is 129 Å². The summed E-state index contributed by atoms with van der Waals surface area (Å²) in [5, 5.41) is 0. The van der Waals surface area contributed by atoms with Crippen LogP contribution >= 0.6 is 7.82 Å². The Labute approximate surface area is 300 Å². The molecular weight excluding hydrogens is 637 g/mol.